The second-order valence-electron chi connectivity index (χ2n) is 7.25. The molecule has 0 fully saturated rings. The van der Waals surface area contributed by atoms with Gasteiger partial charge >= 0.3 is 5.97 Å². The van der Waals surface area contributed by atoms with Gasteiger partial charge in [-0.05, 0) is 69.5 Å². The van der Waals surface area contributed by atoms with Crippen molar-refractivity contribution in [2.24, 2.45) is 5.10 Å². The Hall–Kier alpha value is -2.04. The van der Waals surface area contributed by atoms with E-state index in [2.05, 4.69) is 52.9 Å². The number of esters is 1. The number of nitrogens with zero attached hydrogens (tertiary/aromatic N) is 3. The normalized spacial score (nSPS) is 12.3. The fourth-order valence-electron chi connectivity index (χ4n) is 3.10. The lowest BCUT2D eigenvalue weighted by Gasteiger charge is -2.15. The highest BCUT2D eigenvalue weighted by molar-refractivity contribution is 9.13. The molecule has 0 amide bonds. The van der Waals surface area contributed by atoms with E-state index < -0.39 is 5.97 Å². The summed E-state index contributed by atoms with van der Waals surface area (Å²) >= 11 is 10.4. The summed E-state index contributed by atoms with van der Waals surface area (Å²) in [5.41, 5.74) is 0.986. The Morgan fingerprint density at radius 3 is 2.58 bits per heavy atom. The molecule has 0 aliphatic carbocycles. The quantitative estimate of drug-likeness (QED) is 0.169. The second kappa shape index (κ2) is 10.9. The van der Waals surface area contributed by atoms with E-state index in [1.54, 1.807) is 18.3 Å². The van der Waals surface area contributed by atoms with Crippen LogP contribution in [0.2, 0.25) is 0 Å². The summed E-state index contributed by atoms with van der Waals surface area (Å²) in [6.45, 7) is 7.57. The Morgan fingerprint density at radius 1 is 1.21 bits per heavy atom. The van der Waals surface area contributed by atoms with Gasteiger partial charge in [0.2, 0.25) is 0 Å². The van der Waals surface area contributed by atoms with Gasteiger partial charge in [-0.25, -0.2) is 4.98 Å². The largest absolute Gasteiger partial charge is 0.490 e. The number of aromatic nitrogens is 2. The van der Waals surface area contributed by atoms with Crippen molar-refractivity contribution >= 4 is 70.9 Å². The zero-order valence-electron chi connectivity index (χ0n) is 18.5. The number of hydrogen-bond acceptors (Lipinski definition) is 6. The first-order valence-corrected chi connectivity index (χ1v) is 12.7. The summed E-state index contributed by atoms with van der Waals surface area (Å²) in [6.07, 6.45) is 2.35. The van der Waals surface area contributed by atoms with Gasteiger partial charge in [-0.3, -0.25) is 9.59 Å². The fourth-order valence-corrected chi connectivity index (χ4v) is 4.36. The molecule has 0 saturated carbocycles. The van der Waals surface area contributed by atoms with E-state index in [0.29, 0.717) is 43.6 Å². The fraction of sp³-hybridized carbons (Fsp3) is 0.304. The summed E-state index contributed by atoms with van der Waals surface area (Å²) in [6, 6.07) is 7.11. The van der Waals surface area contributed by atoms with Gasteiger partial charge in [0.1, 0.15) is 5.82 Å². The topological polar surface area (TPSA) is 82.8 Å². The summed E-state index contributed by atoms with van der Waals surface area (Å²) in [5.74, 6) is 0.763. The van der Waals surface area contributed by atoms with Crippen LogP contribution in [0.25, 0.3) is 10.9 Å². The maximum Gasteiger partial charge on any atom is 0.308 e. The highest BCUT2D eigenvalue weighted by Gasteiger charge is 2.19. The van der Waals surface area contributed by atoms with Crippen LogP contribution >= 0.6 is 47.8 Å². The number of benzene rings is 2. The third kappa shape index (κ3) is 5.55. The van der Waals surface area contributed by atoms with Crippen LogP contribution in [0.15, 0.2) is 47.6 Å². The van der Waals surface area contributed by atoms with Crippen molar-refractivity contribution in [3.05, 3.63) is 59.4 Å². The van der Waals surface area contributed by atoms with Crippen molar-refractivity contribution < 1.29 is 14.3 Å². The molecule has 1 aromatic heterocycles. The standard InChI is InChI=1S/C23H22Br3N3O4/c1-5-12(3)22-28-17-8-7-15(24)10-16(17)23(31)29(22)27-11-14-9-18(32-6-2)21(33-13(4)30)20(26)19(14)25/h7-12H,5-6H2,1-4H3/t12-/m0/s1. The summed E-state index contributed by atoms with van der Waals surface area (Å²) < 4.78 is 14.2. The number of ether oxygens (including phenoxy) is 2. The van der Waals surface area contributed by atoms with Crippen LogP contribution in [0, 0.1) is 0 Å². The molecule has 0 spiro atoms. The molecule has 0 aliphatic heterocycles. The van der Waals surface area contributed by atoms with Gasteiger partial charge < -0.3 is 9.47 Å². The van der Waals surface area contributed by atoms with Crippen LogP contribution < -0.4 is 15.0 Å². The van der Waals surface area contributed by atoms with Crippen molar-refractivity contribution in [2.45, 2.75) is 40.0 Å². The molecular weight excluding hydrogens is 622 g/mol. The molecule has 7 nitrogen and oxygen atoms in total. The van der Waals surface area contributed by atoms with Gasteiger partial charge in [-0.15, -0.1) is 0 Å². The molecule has 2 aromatic carbocycles. The second-order valence-corrected chi connectivity index (χ2v) is 9.75. The van der Waals surface area contributed by atoms with E-state index in [-0.39, 0.29) is 17.2 Å². The molecule has 0 N–H and O–H groups in total. The van der Waals surface area contributed by atoms with Crippen molar-refractivity contribution in [1.29, 1.82) is 0 Å². The first kappa shape index (κ1) is 25.6. The van der Waals surface area contributed by atoms with Gasteiger partial charge in [0.15, 0.2) is 11.5 Å². The molecular formula is C23H22Br3N3O4. The Morgan fingerprint density at radius 2 is 1.94 bits per heavy atom. The molecule has 0 saturated heterocycles. The molecule has 10 heteroatoms. The SMILES string of the molecule is CCOc1cc(C=Nn2c([C@@H](C)CC)nc3ccc(Br)cc3c2=O)c(Br)c(Br)c1OC(C)=O. The minimum absolute atomic E-state index is 0.0170. The highest BCUT2D eigenvalue weighted by Crippen LogP contribution is 2.42. The predicted octanol–water partition coefficient (Wildman–Crippen LogP) is 6.40. The van der Waals surface area contributed by atoms with Crippen LogP contribution in [0.4, 0.5) is 0 Å². The number of fused-ring (bicyclic) bond motifs is 1. The molecule has 0 aliphatic rings. The third-order valence-corrected chi connectivity index (χ3v) is 7.54. The zero-order valence-corrected chi connectivity index (χ0v) is 23.2. The summed E-state index contributed by atoms with van der Waals surface area (Å²) in [7, 11) is 0. The van der Waals surface area contributed by atoms with Crippen LogP contribution in [0.5, 0.6) is 11.5 Å². The Balaban J connectivity index is 2.20. The van der Waals surface area contributed by atoms with E-state index in [1.807, 2.05) is 32.9 Å². The van der Waals surface area contributed by atoms with E-state index in [9.17, 15) is 9.59 Å². The lowest BCUT2D eigenvalue weighted by Crippen LogP contribution is -2.23. The maximum absolute atomic E-state index is 13.3. The van der Waals surface area contributed by atoms with Gasteiger partial charge in [0.05, 0.1) is 28.2 Å². The van der Waals surface area contributed by atoms with Crippen LogP contribution in [-0.2, 0) is 4.79 Å². The number of carbonyl (C=O) groups is 1. The Labute approximate surface area is 216 Å². The first-order valence-electron chi connectivity index (χ1n) is 10.3. The molecule has 174 valence electrons. The van der Waals surface area contributed by atoms with E-state index in [4.69, 9.17) is 14.5 Å². The predicted molar refractivity (Wildman–Crippen MR) is 140 cm³/mol. The summed E-state index contributed by atoms with van der Waals surface area (Å²) in [4.78, 5) is 29.6. The molecule has 0 radical (unpaired) electrons. The number of halogens is 3. The molecule has 33 heavy (non-hydrogen) atoms. The van der Waals surface area contributed by atoms with Crippen molar-refractivity contribution in [3.63, 3.8) is 0 Å². The average Bonchev–Trinajstić information content (AvgIpc) is 2.78. The van der Waals surface area contributed by atoms with Crippen molar-refractivity contribution in [3.8, 4) is 11.5 Å². The first-order chi connectivity index (χ1) is 15.7. The average molecular weight is 644 g/mol. The molecule has 1 heterocycles. The molecule has 3 aromatic rings. The molecule has 0 unspecified atom stereocenters. The van der Waals surface area contributed by atoms with Gasteiger partial charge in [0, 0.05) is 27.4 Å². The molecule has 1 atom stereocenters. The third-order valence-electron chi connectivity index (χ3n) is 4.90. The minimum atomic E-state index is -0.469. The monoisotopic (exact) mass is 641 g/mol. The van der Waals surface area contributed by atoms with Gasteiger partial charge in [-0.2, -0.15) is 9.78 Å². The Bertz CT molecular complexity index is 1300. The summed E-state index contributed by atoms with van der Waals surface area (Å²) in [5, 5.41) is 4.97. The van der Waals surface area contributed by atoms with E-state index in [1.165, 1.54) is 11.6 Å². The number of hydrogen-bond donors (Lipinski definition) is 0. The Kier molecular flexibility index (Phi) is 8.47. The minimum Gasteiger partial charge on any atom is -0.490 e. The van der Waals surface area contributed by atoms with Crippen molar-refractivity contribution in [1.82, 2.24) is 9.66 Å². The van der Waals surface area contributed by atoms with Gasteiger partial charge in [0.25, 0.3) is 5.56 Å². The molecule has 0 bridgehead atoms. The zero-order chi connectivity index (χ0) is 24.3. The number of rotatable bonds is 7. The van der Waals surface area contributed by atoms with Crippen LogP contribution in [0.3, 0.4) is 0 Å². The van der Waals surface area contributed by atoms with E-state index >= 15 is 0 Å². The van der Waals surface area contributed by atoms with Crippen LogP contribution in [-0.4, -0.2) is 28.5 Å². The lowest BCUT2D eigenvalue weighted by molar-refractivity contribution is -0.132. The molecule has 3 rings (SSSR count). The van der Waals surface area contributed by atoms with Crippen LogP contribution in [0.1, 0.15) is 51.4 Å². The lowest BCUT2D eigenvalue weighted by atomic mass is 10.1. The maximum atomic E-state index is 13.3. The smallest absolute Gasteiger partial charge is 0.308 e. The highest BCUT2D eigenvalue weighted by atomic mass is 79.9. The van der Waals surface area contributed by atoms with E-state index in [0.717, 1.165) is 10.9 Å². The van der Waals surface area contributed by atoms with Crippen molar-refractivity contribution in [2.75, 3.05) is 6.61 Å². The number of carbonyl (C=O) groups excluding carboxylic acids is 1. The van der Waals surface area contributed by atoms with Gasteiger partial charge in [-0.1, -0.05) is 29.8 Å².